The molecule has 0 saturated carbocycles. The lowest BCUT2D eigenvalue weighted by molar-refractivity contribution is 0.492. The van der Waals surface area contributed by atoms with Gasteiger partial charge in [0, 0.05) is 26.4 Å². The maximum absolute atomic E-state index is 5.55. The number of nitrogens with one attached hydrogen (secondary N) is 1. The molecule has 4 nitrogen and oxygen atoms in total. The lowest BCUT2D eigenvalue weighted by Crippen LogP contribution is -2.20. The Morgan fingerprint density at radius 3 is 2.82 bits per heavy atom. The molecule has 0 aromatic carbocycles. The molecule has 0 spiro atoms. The second-order valence-electron chi connectivity index (χ2n) is 2.22. The van der Waals surface area contributed by atoms with E-state index in [0.29, 0.717) is 5.82 Å². The molecule has 1 aromatic heterocycles. The van der Waals surface area contributed by atoms with Gasteiger partial charge in [-0.2, -0.15) is 4.98 Å². The minimum absolute atomic E-state index is 0.247. The minimum Gasteiger partial charge on any atom is -0.303 e. The fraction of sp³-hybridized carbons (Fsp3) is 0.333. The molecule has 0 aliphatic carbocycles. The fourth-order valence-corrected chi connectivity index (χ4v) is 0.774. The van der Waals surface area contributed by atoms with Gasteiger partial charge in [-0.3, -0.25) is 0 Å². The van der Waals surface area contributed by atoms with Gasteiger partial charge in [0.2, 0.25) is 5.28 Å². The first kappa shape index (κ1) is 8.23. The lowest BCUT2D eigenvalue weighted by Gasteiger charge is -2.11. The Hall–Kier alpha value is -0.870. The molecule has 0 unspecified atom stereocenters. The molecule has 11 heavy (non-hydrogen) atoms. The van der Waals surface area contributed by atoms with Gasteiger partial charge in [-0.1, -0.05) is 0 Å². The molecule has 5 heteroatoms. The van der Waals surface area contributed by atoms with Crippen LogP contribution in [0.15, 0.2) is 12.3 Å². The third kappa shape index (κ3) is 2.69. The van der Waals surface area contributed by atoms with E-state index in [4.69, 9.17) is 11.6 Å². The first-order valence-corrected chi connectivity index (χ1v) is 3.49. The quantitative estimate of drug-likeness (QED) is 0.534. The summed E-state index contributed by atoms with van der Waals surface area (Å²) in [6, 6.07) is 1.74. The highest BCUT2D eigenvalue weighted by atomic mass is 35.5. The van der Waals surface area contributed by atoms with E-state index in [9.17, 15) is 0 Å². The highest BCUT2D eigenvalue weighted by molar-refractivity contribution is 6.28. The number of hydrazine groups is 1. The molecular weight excluding hydrogens is 164 g/mol. The summed E-state index contributed by atoms with van der Waals surface area (Å²) < 4.78 is 0. The van der Waals surface area contributed by atoms with Gasteiger partial charge in [0.1, 0.15) is 5.82 Å². The van der Waals surface area contributed by atoms with Crippen LogP contribution in [-0.2, 0) is 0 Å². The number of rotatable bonds is 2. The van der Waals surface area contributed by atoms with Gasteiger partial charge in [-0.05, 0) is 11.6 Å². The first-order valence-electron chi connectivity index (χ1n) is 3.11. The molecule has 0 aliphatic heterocycles. The largest absolute Gasteiger partial charge is 0.303 e. The van der Waals surface area contributed by atoms with Gasteiger partial charge >= 0.3 is 0 Å². The maximum Gasteiger partial charge on any atom is 0.224 e. The van der Waals surface area contributed by atoms with Crippen molar-refractivity contribution in [3.63, 3.8) is 0 Å². The molecule has 0 aliphatic rings. The van der Waals surface area contributed by atoms with Crippen LogP contribution in [0.1, 0.15) is 0 Å². The summed E-state index contributed by atoms with van der Waals surface area (Å²) in [6.45, 7) is 0. The molecule has 1 rings (SSSR count). The monoisotopic (exact) mass is 172 g/mol. The van der Waals surface area contributed by atoms with Crippen LogP contribution in [0.3, 0.4) is 0 Å². The Labute approximate surface area is 70.2 Å². The van der Waals surface area contributed by atoms with Crippen molar-refractivity contribution in [3.05, 3.63) is 17.5 Å². The molecule has 0 atom stereocenters. The number of halogens is 1. The molecule has 0 saturated heterocycles. The summed E-state index contributed by atoms with van der Waals surface area (Å²) in [5.74, 6) is 0.690. The van der Waals surface area contributed by atoms with Crippen molar-refractivity contribution >= 4 is 17.4 Å². The normalized spacial score (nSPS) is 10.2. The molecular formula is C6H9ClN4. The van der Waals surface area contributed by atoms with Crippen LogP contribution in [0.25, 0.3) is 0 Å². The molecule has 0 fully saturated rings. The average molecular weight is 173 g/mol. The van der Waals surface area contributed by atoms with Crippen molar-refractivity contribution in [1.29, 1.82) is 0 Å². The van der Waals surface area contributed by atoms with Crippen LogP contribution in [0, 0.1) is 0 Å². The molecule has 0 amide bonds. The molecule has 60 valence electrons. The SMILES string of the molecule is CN(C)Nc1ccnc(Cl)n1. The Morgan fingerprint density at radius 2 is 2.27 bits per heavy atom. The van der Waals surface area contributed by atoms with Crippen LogP contribution in [-0.4, -0.2) is 29.1 Å². The number of aromatic nitrogens is 2. The third-order valence-corrected chi connectivity index (χ3v) is 1.15. The highest BCUT2D eigenvalue weighted by Gasteiger charge is 1.94. The van der Waals surface area contributed by atoms with Gasteiger partial charge in [0.25, 0.3) is 0 Å². The van der Waals surface area contributed by atoms with Crippen molar-refractivity contribution in [3.8, 4) is 0 Å². The van der Waals surface area contributed by atoms with E-state index < -0.39 is 0 Å². The smallest absolute Gasteiger partial charge is 0.224 e. The second kappa shape index (κ2) is 3.50. The number of hydrogen-bond donors (Lipinski definition) is 1. The molecule has 1 N–H and O–H groups in total. The number of anilines is 1. The third-order valence-electron chi connectivity index (χ3n) is 0.964. The van der Waals surface area contributed by atoms with Crippen molar-refractivity contribution in [1.82, 2.24) is 15.0 Å². The zero-order chi connectivity index (χ0) is 8.27. The fourth-order valence-electron chi connectivity index (χ4n) is 0.626. The van der Waals surface area contributed by atoms with Crippen molar-refractivity contribution in [2.45, 2.75) is 0 Å². The van der Waals surface area contributed by atoms with E-state index >= 15 is 0 Å². The topological polar surface area (TPSA) is 41.0 Å². The first-order chi connectivity index (χ1) is 5.18. The number of nitrogens with zero attached hydrogens (tertiary/aromatic N) is 3. The Kier molecular flexibility index (Phi) is 2.62. The summed E-state index contributed by atoms with van der Waals surface area (Å²) in [5, 5.41) is 2.02. The highest BCUT2D eigenvalue weighted by Crippen LogP contribution is 2.05. The molecule has 0 bridgehead atoms. The summed E-state index contributed by atoms with van der Waals surface area (Å²) in [6.07, 6.45) is 1.60. The van der Waals surface area contributed by atoms with Crippen molar-refractivity contribution in [2.24, 2.45) is 0 Å². The van der Waals surface area contributed by atoms with E-state index in [1.54, 1.807) is 17.3 Å². The zero-order valence-electron chi connectivity index (χ0n) is 6.37. The Bertz CT molecular complexity index is 238. The van der Waals surface area contributed by atoms with E-state index in [1.165, 1.54) is 0 Å². The van der Waals surface area contributed by atoms with Gasteiger partial charge in [0.15, 0.2) is 0 Å². The zero-order valence-corrected chi connectivity index (χ0v) is 7.13. The predicted molar refractivity (Wildman–Crippen MR) is 44.4 cm³/mol. The molecule has 0 radical (unpaired) electrons. The van der Waals surface area contributed by atoms with E-state index in [2.05, 4.69) is 15.4 Å². The van der Waals surface area contributed by atoms with Crippen LogP contribution in [0.2, 0.25) is 5.28 Å². The van der Waals surface area contributed by atoms with Crippen molar-refractivity contribution in [2.75, 3.05) is 19.5 Å². The van der Waals surface area contributed by atoms with Gasteiger partial charge in [-0.25, -0.2) is 9.99 Å². The standard InChI is InChI=1S/C6H9ClN4/c1-11(2)10-5-3-4-8-6(7)9-5/h3-4H,1-2H3,(H,8,9,10). The molecule has 1 heterocycles. The Balaban J connectivity index is 2.71. The van der Waals surface area contributed by atoms with Crippen LogP contribution >= 0.6 is 11.6 Å². The second-order valence-corrected chi connectivity index (χ2v) is 2.56. The minimum atomic E-state index is 0.247. The van der Waals surface area contributed by atoms with Gasteiger partial charge in [-0.15, -0.1) is 0 Å². The van der Waals surface area contributed by atoms with Crippen LogP contribution < -0.4 is 5.43 Å². The van der Waals surface area contributed by atoms with Crippen LogP contribution in [0.5, 0.6) is 0 Å². The summed E-state index contributed by atoms with van der Waals surface area (Å²) in [7, 11) is 3.74. The lowest BCUT2D eigenvalue weighted by atomic mass is 10.6. The van der Waals surface area contributed by atoms with Gasteiger partial charge < -0.3 is 5.43 Å². The Morgan fingerprint density at radius 1 is 1.55 bits per heavy atom. The van der Waals surface area contributed by atoms with Crippen LogP contribution in [0.4, 0.5) is 5.82 Å². The van der Waals surface area contributed by atoms with Crippen molar-refractivity contribution < 1.29 is 0 Å². The van der Waals surface area contributed by atoms with E-state index in [0.717, 1.165) is 0 Å². The van der Waals surface area contributed by atoms with Gasteiger partial charge in [0.05, 0.1) is 0 Å². The average Bonchev–Trinajstić information content (AvgIpc) is 1.85. The van der Waals surface area contributed by atoms with E-state index in [1.807, 2.05) is 14.1 Å². The predicted octanol–water partition coefficient (Wildman–Crippen LogP) is 1.02. The molecule has 1 aromatic rings. The summed E-state index contributed by atoms with van der Waals surface area (Å²) in [5.41, 5.74) is 2.94. The summed E-state index contributed by atoms with van der Waals surface area (Å²) >= 11 is 5.55. The van der Waals surface area contributed by atoms with E-state index in [-0.39, 0.29) is 5.28 Å². The number of hydrogen-bond acceptors (Lipinski definition) is 4. The summed E-state index contributed by atoms with van der Waals surface area (Å²) in [4.78, 5) is 7.66. The maximum atomic E-state index is 5.55.